The summed E-state index contributed by atoms with van der Waals surface area (Å²) in [6.45, 7) is 5.41. The van der Waals surface area contributed by atoms with Gasteiger partial charge < -0.3 is 5.11 Å². The summed E-state index contributed by atoms with van der Waals surface area (Å²) in [6.07, 6.45) is 0. The van der Waals surface area contributed by atoms with Crippen molar-refractivity contribution < 1.29 is 5.11 Å². The van der Waals surface area contributed by atoms with Crippen LogP contribution < -0.4 is 0 Å². The molecule has 0 heterocycles. The molecule has 0 amide bonds. The molecule has 0 aromatic heterocycles. The van der Waals surface area contributed by atoms with Gasteiger partial charge in [0.2, 0.25) is 0 Å². The smallest absolute Gasteiger partial charge is 0.328 e. The van der Waals surface area contributed by atoms with Gasteiger partial charge in [-0.25, -0.2) is 0 Å². The molecule has 0 aromatic carbocycles. The molecule has 0 rings (SSSR count). The Morgan fingerprint density at radius 3 is 2.88 bits per heavy atom. The minimum absolute atomic E-state index is 0.00319. The molecule has 0 aliphatic heterocycles. The summed E-state index contributed by atoms with van der Waals surface area (Å²) in [5.74, 6) is 0. The Hall–Kier alpha value is -0.700. The van der Waals surface area contributed by atoms with E-state index in [1.807, 2.05) is 0 Å². The van der Waals surface area contributed by atoms with Crippen LogP contribution in [0.4, 0.5) is 0 Å². The summed E-state index contributed by atoms with van der Waals surface area (Å²) >= 11 is 0. The van der Waals surface area contributed by atoms with Gasteiger partial charge in [0.1, 0.15) is 17.5 Å². The van der Waals surface area contributed by atoms with Crippen LogP contribution in [0.1, 0.15) is 6.92 Å². The highest BCUT2D eigenvalue weighted by Gasteiger charge is 1.88. The monoisotopic (exact) mass is 116 g/mol. The number of hydrogen-bond acceptors (Lipinski definition) is 2. The second kappa shape index (κ2) is 4.46. The molecule has 0 spiro atoms. The Bertz CT molecular complexity index is 98.6. The largest absolute Gasteiger partial charge is 0.387 e. The molecule has 0 saturated carbocycles. The van der Waals surface area contributed by atoms with Crippen molar-refractivity contribution in [2.45, 2.75) is 6.92 Å². The molecule has 46 valence electrons. The lowest BCUT2D eigenvalue weighted by Gasteiger charge is -1.69. The van der Waals surface area contributed by atoms with Crippen LogP contribution in [-0.4, -0.2) is 18.3 Å². The summed E-state index contributed by atoms with van der Waals surface area (Å²) in [5.41, 5.74) is 0.610. The van der Waals surface area contributed by atoms with Crippen molar-refractivity contribution in [2.24, 2.45) is 5.18 Å². The Kier molecular flexibility index (Phi) is 4.07. The van der Waals surface area contributed by atoms with Gasteiger partial charge in [0.15, 0.2) is 0 Å². The standard InChI is InChI=1S/C5H10NO2/c1-5(2)6-8-4-3-7/h7H,1,3-4H2,2H3/q+1. The lowest BCUT2D eigenvalue weighted by atomic mass is 10.6. The number of aliphatic hydroxyl groups is 1. The van der Waals surface area contributed by atoms with Crippen LogP contribution in [0.5, 0.6) is 0 Å². The van der Waals surface area contributed by atoms with Gasteiger partial charge in [-0.1, -0.05) is 6.58 Å². The number of allylic oxidation sites excluding steroid dienone is 1. The molecule has 3 heteroatoms. The van der Waals surface area contributed by atoms with Crippen LogP contribution in [0.25, 0.3) is 0 Å². The summed E-state index contributed by atoms with van der Waals surface area (Å²) in [4.78, 5) is 0. The highest BCUT2D eigenvalue weighted by molar-refractivity contribution is 4.86. The highest BCUT2D eigenvalue weighted by atomic mass is 16.5. The predicted molar refractivity (Wildman–Crippen MR) is 32.6 cm³/mol. The molecule has 0 aliphatic carbocycles. The quantitative estimate of drug-likeness (QED) is 0.545. The minimum Gasteiger partial charge on any atom is -0.387 e. The van der Waals surface area contributed by atoms with Gasteiger partial charge in [0, 0.05) is 0 Å². The fraction of sp³-hybridized carbons (Fsp3) is 0.600. The van der Waals surface area contributed by atoms with Crippen molar-refractivity contribution >= 4 is 0 Å². The number of nitrogens with zero attached hydrogens (tertiary/aromatic N) is 1. The van der Waals surface area contributed by atoms with Gasteiger partial charge in [-0.2, -0.15) is 0 Å². The summed E-state index contributed by atoms with van der Waals surface area (Å²) in [7, 11) is 0. The first-order chi connectivity index (χ1) is 3.77. The van der Waals surface area contributed by atoms with E-state index in [1.165, 1.54) is 0 Å². The number of aliphatic hydroxyl groups excluding tert-OH is 1. The molecule has 0 atom stereocenters. The average molecular weight is 116 g/mol. The zero-order chi connectivity index (χ0) is 6.41. The average Bonchev–Trinajstić information content (AvgIpc) is 1.66. The van der Waals surface area contributed by atoms with E-state index in [2.05, 4.69) is 16.3 Å². The van der Waals surface area contributed by atoms with Crippen LogP contribution >= 0.6 is 0 Å². The van der Waals surface area contributed by atoms with Crippen LogP contribution in [0.3, 0.4) is 0 Å². The van der Waals surface area contributed by atoms with Crippen molar-refractivity contribution in [3.8, 4) is 0 Å². The maximum absolute atomic E-state index is 8.16. The number of rotatable bonds is 3. The molecular formula is C5H10NO2+. The normalized spacial score (nSPS) is 10.2. The van der Waals surface area contributed by atoms with Gasteiger partial charge in [0.05, 0.1) is 0 Å². The molecule has 0 unspecified atom stereocenters. The van der Waals surface area contributed by atoms with E-state index >= 15 is 0 Å². The molecule has 0 aromatic rings. The zero-order valence-electron chi connectivity index (χ0n) is 4.92. The Labute approximate surface area is 48.3 Å². The summed E-state index contributed by atoms with van der Waals surface area (Å²) < 4.78 is 4.52. The van der Waals surface area contributed by atoms with E-state index in [-0.39, 0.29) is 13.2 Å². The maximum atomic E-state index is 8.16. The Balaban J connectivity index is 3.20. The first-order valence-corrected chi connectivity index (χ1v) is 2.36. The maximum Gasteiger partial charge on any atom is 0.328 e. The van der Waals surface area contributed by atoms with E-state index in [1.54, 1.807) is 6.92 Å². The van der Waals surface area contributed by atoms with E-state index in [4.69, 9.17) is 5.11 Å². The molecule has 0 bridgehead atoms. The van der Waals surface area contributed by atoms with Crippen LogP contribution in [-0.2, 0) is 0 Å². The van der Waals surface area contributed by atoms with Crippen LogP contribution in [0.2, 0.25) is 0 Å². The van der Waals surface area contributed by atoms with E-state index in [0.29, 0.717) is 5.70 Å². The fourth-order valence-electron chi connectivity index (χ4n) is 0.197. The van der Waals surface area contributed by atoms with Crippen molar-refractivity contribution in [2.75, 3.05) is 13.2 Å². The molecule has 0 saturated heterocycles. The molecule has 3 nitrogen and oxygen atoms in total. The van der Waals surface area contributed by atoms with E-state index in [9.17, 15) is 0 Å². The third kappa shape index (κ3) is 5.30. The second-order valence-corrected chi connectivity index (χ2v) is 1.38. The number of hydrogen-bond donors (Lipinski definition) is 1. The van der Waals surface area contributed by atoms with Gasteiger partial charge in [-0.15, -0.1) is 4.54 Å². The second-order valence-electron chi connectivity index (χ2n) is 1.38. The van der Waals surface area contributed by atoms with Crippen molar-refractivity contribution in [3.05, 3.63) is 16.8 Å². The van der Waals surface area contributed by atoms with Gasteiger partial charge in [0.25, 0.3) is 0 Å². The first kappa shape index (κ1) is 7.30. The van der Waals surface area contributed by atoms with Crippen molar-refractivity contribution in [1.29, 1.82) is 0 Å². The van der Waals surface area contributed by atoms with E-state index < -0.39 is 0 Å². The van der Waals surface area contributed by atoms with Crippen molar-refractivity contribution in [3.63, 3.8) is 0 Å². The fourth-order valence-corrected chi connectivity index (χ4v) is 0.197. The Morgan fingerprint density at radius 2 is 2.50 bits per heavy atom. The minimum atomic E-state index is -0.00319. The first-order valence-electron chi connectivity index (χ1n) is 2.36. The van der Waals surface area contributed by atoms with Gasteiger partial charge in [-0.3, -0.25) is 0 Å². The summed E-state index contributed by atoms with van der Waals surface area (Å²) in [5, 5.41) is 11.6. The van der Waals surface area contributed by atoms with Crippen molar-refractivity contribution in [1.82, 2.24) is 0 Å². The molecule has 8 heavy (non-hydrogen) atoms. The van der Waals surface area contributed by atoms with E-state index in [0.717, 1.165) is 0 Å². The zero-order valence-corrected chi connectivity index (χ0v) is 4.92. The topological polar surface area (TPSA) is 43.9 Å². The van der Waals surface area contributed by atoms with Crippen LogP contribution in [0.15, 0.2) is 17.5 Å². The molecule has 0 fully saturated rings. The molecule has 0 aliphatic rings. The molecular weight excluding hydrogens is 106 g/mol. The van der Waals surface area contributed by atoms with Crippen LogP contribution in [0, 0.1) is 4.54 Å². The summed E-state index contributed by atoms with van der Waals surface area (Å²) in [6, 6.07) is 0. The number of nitroso groups, excluding NO2 is 1. The Morgan fingerprint density at radius 1 is 1.88 bits per heavy atom. The molecule has 0 radical (unpaired) electrons. The van der Waals surface area contributed by atoms with Gasteiger partial charge >= 0.3 is 6.61 Å². The lowest BCUT2D eigenvalue weighted by molar-refractivity contribution is 0.314. The highest BCUT2D eigenvalue weighted by Crippen LogP contribution is 1.86. The third-order valence-electron chi connectivity index (χ3n) is 0.403. The third-order valence-corrected chi connectivity index (χ3v) is 0.403. The van der Waals surface area contributed by atoms with Gasteiger partial charge in [-0.05, 0) is 6.92 Å². The predicted octanol–water partition coefficient (Wildman–Crippen LogP) is 0.814. The lowest BCUT2D eigenvalue weighted by Crippen LogP contribution is -1.86. The molecule has 1 N–H and O–H groups in total. The SMILES string of the molecule is C=C(C)N=[O+]CCO.